The zero-order valence-corrected chi connectivity index (χ0v) is 25.1. The van der Waals surface area contributed by atoms with Crippen LogP contribution < -0.4 is 21.7 Å². The molecule has 2 aliphatic rings. The molecule has 0 aliphatic heterocycles. The van der Waals surface area contributed by atoms with E-state index in [0.29, 0.717) is 35.1 Å². The Labute approximate surface area is 262 Å². The first-order valence-corrected chi connectivity index (χ1v) is 14.0. The average Bonchev–Trinajstić information content (AvgIpc) is 3.61. The number of hydrogen-bond acceptors (Lipinski definition) is 7. The summed E-state index contributed by atoms with van der Waals surface area (Å²) in [4.78, 5) is 26.4. The van der Waals surface area contributed by atoms with Gasteiger partial charge < -0.3 is 26.3 Å². The van der Waals surface area contributed by atoms with Gasteiger partial charge in [-0.25, -0.2) is 4.98 Å². The number of nitrogens with two attached hydrogens (primary N) is 1. The van der Waals surface area contributed by atoms with Crippen molar-refractivity contribution in [2.75, 3.05) is 23.7 Å². The summed E-state index contributed by atoms with van der Waals surface area (Å²) in [5, 5.41) is 8.86. The predicted octanol–water partition coefficient (Wildman–Crippen LogP) is 6.35. The van der Waals surface area contributed by atoms with Gasteiger partial charge in [0, 0.05) is 36.8 Å². The van der Waals surface area contributed by atoms with E-state index in [2.05, 4.69) is 25.9 Å². The third-order valence-corrected chi connectivity index (χ3v) is 7.80. The number of nitrogens with zero attached hydrogens (tertiary/aromatic N) is 4. The molecule has 2 saturated carbocycles. The van der Waals surface area contributed by atoms with Crippen LogP contribution in [0.1, 0.15) is 78.9 Å². The first-order chi connectivity index (χ1) is 19.9. The highest BCUT2D eigenvalue weighted by Crippen LogP contribution is 2.37. The number of alkyl halides is 6. The third-order valence-electron chi connectivity index (χ3n) is 7.80. The molecule has 0 unspecified atom stereocenters. The molecule has 0 bridgehead atoms. The normalized spacial score (nSPS) is 19.2. The standard InChI is InChI=1S/C27H32F6N8O.2ClH/c28-26(29,30)16-11-15(12-17(13-16)27(31,32)33)24(42)36-10-9-35-22-21-23(41(14-37-21)20-3-1-2-4-20)40-25(39-22)38-19-7-5-18(34)6-8-19;;/h11-14,18-20H,1-10,34H2,(H,36,42)(H2,35,38,39,40);2*1H. The van der Waals surface area contributed by atoms with E-state index in [1.165, 1.54) is 0 Å². The van der Waals surface area contributed by atoms with Gasteiger partial charge in [-0.05, 0) is 56.7 Å². The summed E-state index contributed by atoms with van der Waals surface area (Å²) in [6, 6.07) is 1.39. The summed E-state index contributed by atoms with van der Waals surface area (Å²) < 4.78 is 81.1. The molecule has 0 radical (unpaired) electrons. The first kappa shape index (κ1) is 35.4. The number of halogens is 8. The summed E-state index contributed by atoms with van der Waals surface area (Å²) >= 11 is 0. The number of nitrogens with one attached hydrogen (secondary N) is 3. The molecule has 2 fully saturated rings. The van der Waals surface area contributed by atoms with Crippen molar-refractivity contribution < 1.29 is 31.1 Å². The van der Waals surface area contributed by atoms with Crippen LogP contribution in [0.5, 0.6) is 0 Å². The maximum atomic E-state index is 13.2. The number of carbonyl (C=O) groups is 1. The third kappa shape index (κ3) is 8.36. The summed E-state index contributed by atoms with van der Waals surface area (Å²) in [5.41, 5.74) is 3.37. The van der Waals surface area contributed by atoms with E-state index < -0.39 is 35.0 Å². The zero-order chi connectivity index (χ0) is 30.1. The second-order valence-corrected chi connectivity index (χ2v) is 10.9. The van der Waals surface area contributed by atoms with Crippen LogP contribution in [-0.2, 0) is 12.4 Å². The Morgan fingerprint density at radius 3 is 2.09 bits per heavy atom. The fourth-order valence-electron chi connectivity index (χ4n) is 5.55. The number of anilines is 2. The quantitative estimate of drug-likeness (QED) is 0.163. The molecule has 2 heterocycles. The lowest BCUT2D eigenvalue weighted by molar-refractivity contribution is -0.143. The van der Waals surface area contributed by atoms with Crippen molar-refractivity contribution in [2.45, 2.75) is 81.8 Å². The van der Waals surface area contributed by atoms with Gasteiger partial charge >= 0.3 is 12.4 Å². The SMILES string of the molecule is Cl.Cl.NC1CCC(Nc2nc(NCCNC(=O)c3cc(C(F)(F)F)cc(C(F)(F)F)c3)c3ncn(C4CCCC4)c3n2)CC1. The predicted molar refractivity (Wildman–Crippen MR) is 158 cm³/mol. The maximum Gasteiger partial charge on any atom is 0.416 e. The van der Waals surface area contributed by atoms with Gasteiger partial charge in [0.1, 0.15) is 0 Å². The van der Waals surface area contributed by atoms with Gasteiger partial charge in [0.2, 0.25) is 5.95 Å². The molecule has 0 atom stereocenters. The molecule has 44 heavy (non-hydrogen) atoms. The molecule has 0 saturated heterocycles. The lowest BCUT2D eigenvalue weighted by Crippen LogP contribution is -2.33. The van der Waals surface area contributed by atoms with Crippen LogP contribution in [0.15, 0.2) is 24.5 Å². The van der Waals surface area contributed by atoms with Crippen molar-refractivity contribution in [2.24, 2.45) is 5.73 Å². The molecule has 244 valence electrons. The minimum Gasteiger partial charge on any atom is -0.366 e. The number of imidazole rings is 1. The van der Waals surface area contributed by atoms with Crippen molar-refractivity contribution in [1.82, 2.24) is 24.8 Å². The van der Waals surface area contributed by atoms with Crippen LogP contribution >= 0.6 is 24.8 Å². The number of amides is 1. The largest absolute Gasteiger partial charge is 0.416 e. The minimum atomic E-state index is -5.05. The van der Waals surface area contributed by atoms with E-state index >= 15 is 0 Å². The highest BCUT2D eigenvalue weighted by atomic mass is 35.5. The van der Waals surface area contributed by atoms with Crippen LogP contribution in [0.25, 0.3) is 11.2 Å². The van der Waals surface area contributed by atoms with E-state index in [1.807, 2.05) is 4.57 Å². The Morgan fingerprint density at radius 2 is 1.50 bits per heavy atom. The Balaban J connectivity index is 0.00000264. The van der Waals surface area contributed by atoms with Crippen LogP contribution in [0.3, 0.4) is 0 Å². The number of aromatic nitrogens is 4. The van der Waals surface area contributed by atoms with Crippen LogP contribution in [0.2, 0.25) is 0 Å². The van der Waals surface area contributed by atoms with Crippen LogP contribution in [0, 0.1) is 0 Å². The monoisotopic (exact) mass is 670 g/mol. The number of benzene rings is 1. The number of rotatable bonds is 8. The van der Waals surface area contributed by atoms with Crippen molar-refractivity contribution in [3.8, 4) is 0 Å². The Hall–Kier alpha value is -3.04. The fourth-order valence-corrected chi connectivity index (χ4v) is 5.55. The number of fused-ring (bicyclic) bond motifs is 1. The zero-order valence-electron chi connectivity index (χ0n) is 23.5. The van der Waals surface area contributed by atoms with Crippen molar-refractivity contribution >= 4 is 53.7 Å². The van der Waals surface area contributed by atoms with Crippen LogP contribution in [0.4, 0.5) is 38.1 Å². The molecule has 2 aromatic heterocycles. The average molecular weight is 672 g/mol. The molecular weight excluding hydrogens is 637 g/mol. The molecule has 5 N–H and O–H groups in total. The van der Waals surface area contributed by atoms with Gasteiger partial charge in [0.15, 0.2) is 17.0 Å². The number of carbonyl (C=O) groups excluding carboxylic acids is 1. The second-order valence-electron chi connectivity index (χ2n) is 10.9. The molecule has 3 aromatic rings. The maximum absolute atomic E-state index is 13.2. The highest BCUT2D eigenvalue weighted by molar-refractivity contribution is 5.94. The van der Waals surface area contributed by atoms with Gasteiger partial charge in [-0.1, -0.05) is 12.8 Å². The summed E-state index contributed by atoms with van der Waals surface area (Å²) in [5.74, 6) is -0.248. The molecule has 17 heteroatoms. The molecule has 5 rings (SSSR count). The molecule has 2 aliphatic carbocycles. The summed E-state index contributed by atoms with van der Waals surface area (Å²) in [7, 11) is 0. The smallest absolute Gasteiger partial charge is 0.366 e. The van der Waals surface area contributed by atoms with E-state index in [9.17, 15) is 31.1 Å². The van der Waals surface area contributed by atoms with Gasteiger partial charge in [0.05, 0.1) is 17.5 Å². The molecule has 1 aromatic carbocycles. The van der Waals surface area contributed by atoms with Crippen LogP contribution in [-0.4, -0.2) is 50.6 Å². The van der Waals surface area contributed by atoms with Crippen molar-refractivity contribution in [3.05, 3.63) is 41.2 Å². The molecular formula is C27H34Cl2F6N8O. The van der Waals surface area contributed by atoms with Gasteiger partial charge in [-0.2, -0.15) is 36.3 Å². The molecule has 9 nitrogen and oxygen atoms in total. The minimum absolute atomic E-state index is 0. The summed E-state index contributed by atoms with van der Waals surface area (Å²) in [6.07, 6.45) is -0.567. The Kier molecular flexibility index (Phi) is 11.6. The lowest BCUT2D eigenvalue weighted by atomic mass is 9.92. The fraction of sp³-hybridized carbons (Fsp3) is 0.556. The molecule has 1 amide bonds. The van der Waals surface area contributed by atoms with E-state index in [1.54, 1.807) is 6.33 Å². The second kappa shape index (κ2) is 14.4. The van der Waals surface area contributed by atoms with E-state index in [4.69, 9.17) is 10.7 Å². The van der Waals surface area contributed by atoms with Crippen molar-refractivity contribution in [3.63, 3.8) is 0 Å². The van der Waals surface area contributed by atoms with Gasteiger partial charge in [-0.3, -0.25) is 4.79 Å². The number of hydrogen-bond donors (Lipinski definition) is 4. The van der Waals surface area contributed by atoms with Gasteiger partial charge in [-0.15, -0.1) is 24.8 Å². The topological polar surface area (TPSA) is 123 Å². The van der Waals surface area contributed by atoms with Gasteiger partial charge in [0.25, 0.3) is 5.91 Å². The van der Waals surface area contributed by atoms with E-state index in [-0.39, 0.29) is 62.1 Å². The Bertz CT molecular complexity index is 1390. The van der Waals surface area contributed by atoms with E-state index in [0.717, 1.165) is 51.4 Å². The van der Waals surface area contributed by atoms with Crippen molar-refractivity contribution in [1.29, 1.82) is 0 Å². The first-order valence-electron chi connectivity index (χ1n) is 14.0. The highest BCUT2D eigenvalue weighted by Gasteiger charge is 2.37. The Morgan fingerprint density at radius 1 is 0.886 bits per heavy atom. The lowest BCUT2D eigenvalue weighted by Gasteiger charge is -2.27. The summed E-state index contributed by atoms with van der Waals surface area (Å²) in [6.45, 7) is -0.0223. The molecule has 0 spiro atoms.